The van der Waals surface area contributed by atoms with Crippen molar-refractivity contribution in [2.24, 2.45) is 0 Å². The molecule has 0 aliphatic rings. The van der Waals surface area contributed by atoms with Crippen molar-refractivity contribution in [2.75, 3.05) is 13.2 Å². The summed E-state index contributed by atoms with van der Waals surface area (Å²) < 4.78 is 4.86. The van der Waals surface area contributed by atoms with Gasteiger partial charge in [-0.2, -0.15) is 0 Å². The van der Waals surface area contributed by atoms with E-state index in [4.69, 9.17) is 9.84 Å². The van der Waals surface area contributed by atoms with Crippen molar-refractivity contribution in [3.63, 3.8) is 0 Å². The third kappa shape index (κ3) is 5.94. The number of esters is 1. The number of rotatable bonds is 7. The van der Waals surface area contributed by atoms with Gasteiger partial charge in [0.25, 0.3) is 0 Å². The van der Waals surface area contributed by atoms with Crippen molar-refractivity contribution in [1.29, 1.82) is 0 Å². The average molecular weight is 203 g/mol. The van der Waals surface area contributed by atoms with E-state index in [9.17, 15) is 4.79 Å². The molecule has 0 aromatic heterocycles. The van der Waals surface area contributed by atoms with Gasteiger partial charge in [0, 0.05) is 12.6 Å². The highest BCUT2D eigenvalue weighted by Crippen LogP contribution is 1.98. The van der Waals surface area contributed by atoms with Gasteiger partial charge in [-0.25, -0.2) is 0 Å². The highest BCUT2D eigenvalue weighted by molar-refractivity contribution is 5.75. The van der Waals surface area contributed by atoms with Gasteiger partial charge in [0.1, 0.15) is 6.04 Å². The molecule has 0 fully saturated rings. The van der Waals surface area contributed by atoms with Gasteiger partial charge in [0.05, 0.1) is 6.61 Å². The second kappa shape index (κ2) is 7.76. The fourth-order valence-corrected chi connectivity index (χ4v) is 1.24. The van der Waals surface area contributed by atoms with Crippen LogP contribution in [-0.2, 0) is 9.53 Å². The molecular formula is C10H21NO3. The molecule has 2 N–H and O–H groups in total. The predicted molar refractivity (Wildman–Crippen MR) is 55.0 cm³/mol. The van der Waals surface area contributed by atoms with Crippen LogP contribution in [0.4, 0.5) is 0 Å². The summed E-state index contributed by atoms with van der Waals surface area (Å²) in [4.78, 5) is 11.2. The molecule has 84 valence electrons. The van der Waals surface area contributed by atoms with Crippen LogP contribution in [0.3, 0.4) is 0 Å². The highest BCUT2D eigenvalue weighted by Gasteiger charge is 2.15. The minimum atomic E-state index is -0.274. The van der Waals surface area contributed by atoms with Gasteiger partial charge in [0.15, 0.2) is 0 Å². The van der Waals surface area contributed by atoms with Crippen molar-refractivity contribution >= 4 is 5.97 Å². The normalized spacial score (nSPS) is 14.9. The third-order valence-corrected chi connectivity index (χ3v) is 1.97. The van der Waals surface area contributed by atoms with Crippen LogP contribution in [0.1, 0.15) is 33.6 Å². The molecule has 2 unspecified atom stereocenters. The summed E-state index contributed by atoms with van der Waals surface area (Å²) in [5.41, 5.74) is 0. The van der Waals surface area contributed by atoms with E-state index in [0.29, 0.717) is 6.61 Å². The summed E-state index contributed by atoms with van der Waals surface area (Å²) in [6.45, 7) is 6.17. The molecule has 0 aliphatic carbocycles. The highest BCUT2D eigenvalue weighted by atomic mass is 16.5. The van der Waals surface area contributed by atoms with E-state index in [-0.39, 0.29) is 24.7 Å². The van der Waals surface area contributed by atoms with Crippen LogP contribution in [0.2, 0.25) is 0 Å². The number of nitrogens with one attached hydrogen (secondary N) is 1. The van der Waals surface area contributed by atoms with Crippen molar-refractivity contribution in [2.45, 2.75) is 45.7 Å². The van der Waals surface area contributed by atoms with Gasteiger partial charge in [-0.3, -0.25) is 4.79 Å². The Labute approximate surface area is 85.6 Å². The molecular weight excluding hydrogens is 182 g/mol. The minimum Gasteiger partial charge on any atom is -0.465 e. The minimum absolute atomic E-state index is 0.194. The average Bonchev–Trinajstić information content (AvgIpc) is 2.15. The largest absolute Gasteiger partial charge is 0.465 e. The number of aliphatic hydroxyl groups is 1. The number of aliphatic hydroxyl groups excluding tert-OH is 1. The summed E-state index contributed by atoms with van der Waals surface area (Å²) in [7, 11) is 0. The smallest absolute Gasteiger partial charge is 0.322 e. The molecule has 0 radical (unpaired) electrons. The Bertz CT molecular complexity index is 161. The summed E-state index contributed by atoms with van der Waals surface area (Å²) in [6, 6.07) is -0.0507. The van der Waals surface area contributed by atoms with Crippen LogP contribution in [-0.4, -0.2) is 36.4 Å². The molecule has 0 amide bonds. The fraction of sp³-hybridized carbons (Fsp3) is 0.900. The third-order valence-electron chi connectivity index (χ3n) is 1.97. The molecule has 0 bridgehead atoms. The second-order valence-corrected chi connectivity index (χ2v) is 3.41. The molecule has 0 saturated heterocycles. The Balaban J connectivity index is 3.68. The summed E-state index contributed by atoms with van der Waals surface area (Å²) in [6.07, 6.45) is 1.62. The summed E-state index contributed by atoms with van der Waals surface area (Å²) in [5, 5.41) is 11.7. The van der Waals surface area contributed by atoms with E-state index < -0.39 is 0 Å². The lowest BCUT2D eigenvalue weighted by atomic mass is 10.1. The SMILES string of the molecule is CCOC(=O)C(C)NC(C)CCCO. The van der Waals surface area contributed by atoms with Crippen LogP contribution in [0.15, 0.2) is 0 Å². The first-order chi connectivity index (χ1) is 6.61. The van der Waals surface area contributed by atoms with Crippen LogP contribution in [0.5, 0.6) is 0 Å². The first-order valence-corrected chi connectivity index (χ1v) is 5.15. The van der Waals surface area contributed by atoms with Crippen LogP contribution >= 0.6 is 0 Å². The Morgan fingerprint density at radius 2 is 2.14 bits per heavy atom. The Hall–Kier alpha value is -0.610. The molecule has 0 saturated carbocycles. The van der Waals surface area contributed by atoms with Crippen LogP contribution in [0.25, 0.3) is 0 Å². The van der Waals surface area contributed by atoms with Gasteiger partial charge in [-0.05, 0) is 33.6 Å². The van der Waals surface area contributed by atoms with E-state index in [1.165, 1.54) is 0 Å². The van der Waals surface area contributed by atoms with Crippen molar-refractivity contribution < 1.29 is 14.6 Å². The van der Waals surface area contributed by atoms with Gasteiger partial charge in [-0.15, -0.1) is 0 Å². The van der Waals surface area contributed by atoms with E-state index in [1.807, 2.05) is 6.92 Å². The molecule has 0 rings (SSSR count). The van der Waals surface area contributed by atoms with E-state index in [1.54, 1.807) is 13.8 Å². The molecule has 4 nitrogen and oxygen atoms in total. The monoisotopic (exact) mass is 203 g/mol. The lowest BCUT2D eigenvalue weighted by molar-refractivity contribution is -0.145. The molecule has 0 aliphatic heterocycles. The quantitative estimate of drug-likeness (QED) is 0.598. The molecule has 14 heavy (non-hydrogen) atoms. The van der Waals surface area contributed by atoms with Crippen molar-refractivity contribution in [3.05, 3.63) is 0 Å². The summed E-state index contributed by atoms with van der Waals surface area (Å²) >= 11 is 0. The topological polar surface area (TPSA) is 58.6 Å². The Kier molecular flexibility index (Phi) is 7.42. The fourth-order valence-electron chi connectivity index (χ4n) is 1.24. The number of hydrogen-bond donors (Lipinski definition) is 2. The zero-order chi connectivity index (χ0) is 11.0. The molecule has 0 aromatic rings. The lowest BCUT2D eigenvalue weighted by Crippen LogP contribution is -2.40. The second-order valence-electron chi connectivity index (χ2n) is 3.41. The van der Waals surface area contributed by atoms with Crippen molar-refractivity contribution in [1.82, 2.24) is 5.32 Å². The molecule has 0 heterocycles. The van der Waals surface area contributed by atoms with E-state index in [0.717, 1.165) is 12.8 Å². The molecule has 2 atom stereocenters. The van der Waals surface area contributed by atoms with E-state index in [2.05, 4.69) is 5.32 Å². The van der Waals surface area contributed by atoms with Crippen LogP contribution < -0.4 is 5.32 Å². The molecule has 4 heteroatoms. The van der Waals surface area contributed by atoms with Gasteiger partial charge in [0.2, 0.25) is 0 Å². The standard InChI is InChI=1S/C10H21NO3/c1-4-14-10(13)9(3)11-8(2)6-5-7-12/h8-9,11-12H,4-7H2,1-3H3. The van der Waals surface area contributed by atoms with E-state index >= 15 is 0 Å². The molecule has 0 aromatic carbocycles. The van der Waals surface area contributed by atoms with Gasteiger partial charge < -0.3 is 15.2 Å². The first-order valence-electron chi connectivity index (χ1n) is 5.15. The molecule has 0 spiro atoms. The maximum atomic E-state index is 11.2. The Morgan fingerprint density at radius 3 is 2.64 bits per heavy atom. The van der Waals surface area contributed by atoms with Crippen LogP contribution in [0, 0.1) is 0 Å². The lowest BCUT2D eigenvalue weighted by Gasteiger charge is -2.18. The number of carbonyl (C=O) groups excluding carboxylic acids is 1. The zero-order valence-corrected chi connectivity index (χ0v) is 9.25. The first kappa shape index (κ1) is 13.4. The summed E-state index contributed by atoms with van der Waals surface area (Å²) in [5.74, 6) is -0.219. The number of carbonyl (C=O) groups is 1. The zero-order valence-electron chi connectivity index (χ0n) is 9.25. The predicted octanol–water partition coefficient (Wildman–Crippen LogP) is 0.689. The number of hydrogen-bond acceptors (Lipinski definition) is 4. The van der Waals surface area contributed by atoms with Crippen molar-refractivity contribution in [3.8, 4) is 0 Å². The number of ether oxygens (including phenoxy) is 1. The Morgan fingerprint density at radius 1 is 1.50 bits per heavy atom. The maximum absolute atomic E-state index is 11.2. The maximum Gasteiger partial charge on any atom is 0.322 e. The van der Waals surface area contributed by atoms with Gasteiger partial charge in [-0.1, -0.05) is 0 Å². The van der Waals surface area contributed by atoms with Gasteiger partial charge >= 0.3 is 5.97 Å².